The summed E-state index contributed by atoms with van der Waals surface area (Å²) in [5, 5.41) is 0. The van der Waals surface area contributed by atoms with Crippen LogP contribution in [0.25, 0.3) is 16.5 Å². The summed E-state index contributed by atoms with van der Waals surface area (Å²) < 4.78 is 0. The van der Waals surface area contributed by atoms with Gasteiger partial charge >= 0.3 is 0 Å². The van der Waals surface area contributed by atoms with Crippen molar-refractivity contribution in [3.63, 3.8) is 0 Å². The molecule has 0 spiro atoms. The van der Waals surface area contributed by atoms with E-state index in [4.69, 9.17) is 0 Å². The number of amidine groups is 1. The van der Waals surface area contributed by atoms with Gasteiger partial charge < -0.3 is 0 Å². The van der Waals surface area contributed by atoms with Crippen LogP contribution in [0.1, 0.15) is 30.6 Å². The zero-order chi connectivity index (χ0) is 15.6. The van der Waals surface area contributed by atoms with Crippen molar-refractivity contribution in [3.05, 3.63) is 53.0 Å². The molecule has 1 amide bonds. The van der Waals surface area contributed by atoms with Crippen molar-refractivity contribution < 1.29 is 4.79 Å². The molecule has 116 valence electrons. The molecular weight excluding hydrogens is 304 g/mol. The number of fused-ring (bicyclic) bond motifs is 1. The molecule has 0 atom stereocenters. The maximum Gasteiger partial charge on any atom is 0.277 e. The van der Waals surface area contributed by atoms with Gasteiger partial charge in [-0.05, 0) is 36.6 Å². The number of benzene rings is 1. The van der Waals surface area contributed by atoms with E-state index >= 15 is 0 Å². The summed E-state index contributed by atoms with van der Waals surface area (Å²) in [7, 11) is 0. The van der Waals surface area contributed by atoms with E-state index in [1.54, 1.807) is 11.3 Å². The molecule has 1 fully saturated rings. The first-order chi connectivity index (χ1) is 11.3. The van der Waals surface area contributed by atoms with Gasteiger partial charge in [-0.1, -0.05) is 36.8 Å². The number of thiophene rings is 1. The van der Waals surface area contributed by atoms with Crippen LogP contribution in [0, 0.1) is 0 Å². The van der Waals surface area contributed by atoms with Gasteiger partial charge in [0.15, 0.2) is 0 Å². The third-order valence-electron chi connectivity index (χ3n) is 4.27. The van der Waals surface area contributed by atoms with E-state index in [1.807, 2.05) is 29.2 Å². The molecule has 1 aromatic heterocycles. The van der Waals surface area contributed by atoms with Gasteiger partial charge in [0, 0.05) is 22.7 Å². The molecular formula is C19H18N2OS. The highest BCUT2D eigenvalue weighted by atomic mass is 32.1. The minimum absolute atomic E-state index is 0.0663. The van der Waals surface area contributed by atoms with Crippen LogP contribution < -0.4 is 0 Å². The molecule has 0 bridgehead atoms. The Balaban J connectivity index is 1.61. The second-order valence-corrected chi connectivity index (χ2v) is 7.01. The van der Waals surface area contributed by atoms with E-state index < -0.39 is 0 Å². The van der Waals surface area contributed by atoms with Crippen LogP contribution in [0.15, 0.2) is 53.2 Å². The van der Waals surface area contributed by atoms with Gasteiger partial charge in [-0.2, -0.15) is 0 Å². The average molecular weight is 322 g/mol. The Labute approximate surface area is 140 Å². The summed E-state index contributed by atoms with van der Waals surface area (Å²) in [6.07, 6.45) is 6.25. The zero-order valence-electron chi connectivity index (χ0n) is 12.9. The Morgan fingerprint density at radius 1 is 1.04 bits per heavy atom. The summed E-state index contributed by atoms with van der Waals surface area (Å²) in [5.41, 5.74) is 1.79. The van der Waals surface area contributed by atoms with Crippen molar-refractivity contribution in [2.45, 2.75) is 25.7 Å². The topological polar surface area (TPSA) is 32.7 Å². The number of amides is 1. The van der Waals surface area contributed by atoms with Gasteiger partial charge in [-0.15, -0.1) is 11.3 Å². The van der Waals surface area contributed by atoms with Crippen LogP contribution in [0.4, 0.5) is 0 Å². The van der Waals surface area contributed by atoms with Crippen molar-refractivity contribution in [2.75, 3.05) is 6.54 Å². The van der Waals surface area contributed by atoms with Crippen LogP contribution in [0.5, 0.6) is 0 Å². The van der Waals surface area contributed by atoms with Gasteiger partial charge in [0.05, 0.1) is 0 Å². The number of rotatable bonds is 2. The van der Waals surface area contributed by atoms with Gasteiger partial charge in [0.1, 0.15) is 11.5 Å². The monoisotopic (exact) mass is 322 g/mol. The predicted molar refractivity (Wildman–Crippen MR) is 95.3 cm³/mol. The van der Waals surface area contributed by atoms with Crippen molar-refractivity contribution >= 4 is 29.2 Å². The maximum absolute atomic E-state index is 12.5. The third kappa shape index (κ3) is 2.86. The fourth-order valence-corrected chi connectivity index (χ4v) is 4.02. The van der Waals surface area contributed by atoms with Crippen molar-refractivity contribution in [2.24, 2.45) is 4.99 Å². The lowest BCUT2D eigenvalue weighted by Gasteiger charge is -2.13. The first kappa shape index (κ1) is 14.4. The molecule has 3 nitrogen and oxygen atoms in total. The molecule has 2 aliphatic heterocycles. The lowest BCUT2D eigenvalue weighted by molar-refractivity contribution is -0.122. The highest BCUT2D eigenvalue weighted by Crippen LogP contribution is 2.31. The highest BCUT2D eigenvalue weighted by Gasteiger charge is 2.30. The molecule has 0 radical (unpaired) electrons. The van der Waals surface area contributed by atoms with Crippen LogP contribution in [-0.4, -0.2) is 23.2 Å². The zero-order valence-corrected chi connectivity index (χ0v) is 13.7. The molecule has 0 N–H and O–H groups in total. The SMILES string of the molecule is O=C1/C(=C/c2ccc(-c3ccccc3)s2)N=C2CCCCCN12. The number of hydrogen-bond donors (Lipinski definition) is 0. The Hall–Kier alpha value is -2.20. The fourth-order valence-electron chi connectivity index (χ4n) is 3.07. The average Bonchev–Trinajstić information content (AvgIpc) is 3.07. The molecule has 0 aliphatic carbocycles. The molecule has 4 rings (SSSR count). The Bertz CT molecular complexity index is 789. The van der Waals surface area contributed by atoms with E-state index in [9.17, 15) is 4.79 Å². The quantitative estimate of drug-likeness (QED) is 0.745. The van der Waals surface area contributed by atoms with E-state index in [2.05, 4.69) is 29.3 Å². The highest BCUT2D eigenvalue weighted by molar-refractivity contribution is 7.16. The first-order valence-electron chi connectivity index (χ1n) is 8.08. The molecule has 2 aliphatic rings. The summed E-state index contributed by atoms with van der Waals surface area (Å²) in [5.74, 6) is 1.02. The minimum Gasteiger partial charge on any atom is -0.295 e. The van der Waals surface area contributed by atoms with Gasteiger partial charge in [0.25, 0.3) is 5.91 Å². The first-order valence-corrected chi connectivity index (χ1v) is 8.89. The molecule has 4 heteroatoms. The summed E-state index contributed by atoms with van der Waals surface area (Å²) in [4.78, 5) is 21.3. The Morgan fingerprint density at radius 3 is 2.78 bits per heavy atom. The summed E-state index contributed by atoms with van der Waals surface area (Å²) >= 11 is 1.70. The Kier molecular flexibility index (Phi) is 3.83. The van der Waals surface area contributed by atoms with Crippen molar-refractivity contribution in [1.82, 2.24) is 4.90 Å². The fraction of sp³-hybridized carbons (Fsp3) is 0.263. The van der Waals surface area contributed by atoms with Crippen LogP contribution in [0.2, 0.25) is 0 Å². The van der Waals surface area contributed by atoms with Crippen LogP contribution >= 0.6 is 11.3 Å². The Morgan fingerprint density at radius 2 is 1.91 bits per heavy atom. The van der Waals surface area contributed by atoms with Gasteiger partial charge in [-0.25, -0.2) is 4.99 Å². The molecule has 3 heterocycles. The summed E-state index contributed by atoms with van der Waals surface area (Å²) in [6, 6.07) is 14.5. The lowest BCUT2D eigenvalue weighted by Crippen LogP contribution is -2.31. The lowest BCUT2D eigenvalue weighted by atomic mass is 10.2. The van der Waals surface area contributed by atoms with Crippen molar-refractivity contribution in [1.29, 1.82) is 0 Å². The normalized spacial score (nSPS) is 19.7. The number of carbonyl (C=O) groups excluding carboxylic acids is 1. The van der Waals surface area contributed by atoms with Crippen LogP contribution in [-0.2, 0) is 4.79 Å². The third-order valence-corrected chi connectivity index (χ3v) is 5.35. The standard InChI is InChI=1S/C19H18N2OS/c22-19-16(20-18-9-5-2-6-12-21(18)19)13-15-10-11-17(23-15)14-7-3-1-4-8-14/h1,3-4,7-8,10-11,13H,2,5-6,9,12H2/b16-13-. The number of carbonyl (C=O) groups is 1. The minimum atomic E-state index is 0.0663. The van der Waals surface area contributed by atoms with E-state index in [0.717, 1.165) is 36.5 Å². The van der Waals surface area contributed by atoms with Gasteiger partial charge in [-0.3, -0.25) is 9.69 Å². The van der Waals surface area contributed by atoms with Crippen LogP contribution in [0.3, 0.4) is 0 Å². The van der Waals surface area contributed by atoms with E-state index in [0.29, 0.717) is 5.70 Å². The predicted octanol–water partition coefficient (Wildman–Crippen LogP) is 4.57. The second-order valence-electron chi connectivity index (χ2n) is 5.89. The molecule has 1 aromatic carbocycles. The molecule has 23 heavy (non-hydrogen) atoms. The second kappa shape index (κ2) is 6.13. The van der Waals surface area contributed by atoms with E-state index in [1.165, 1.54) is 16.9 Å². The molecule has 0 unspecified atom stereocenters. The summed E-state index contributed by atoms with van der Waals surface area (Å²) in [6.45, 7) is 0.814. The largest absolute Gasteiger partial charge is 0.295 e. The smallest absolute Gasteiger partial charge is 0.277 e. The van der Waals surface area contributed by atoms with E-state index in [-0.39, 0.29) is 5.91 Å². The molecule has 2 aromatic rings. The number of hydrogen-bond acceptors (Lipinski definition) is 3. The molecule has 1 saturated heterocycles. The number of aliphatic imine (C=N–C) groups is 1. The molecule has 0 saturated carbocycles. The number of nitrogens with zero attached hydrogens (tertiary/aromatic N) is 2. The van der Waals surface area contributed by atoms with Gasteiger partial charge in [0.2, 0.25) is 0 Å². The maximum atomic E-state index is 12.5. The van der Waals surface area contributed by atoms with Crippen molar-refractivity contribution in [3.8, 4) is 10.4 Å².